The van der Waals surface area contributed by atoms with E-state index in [0.29, 0.717) is 0 Å². The normalized spacial score (nSPS) is 19.8. The van der Waals surface area contributed by atoms with Gasteiger partial charge in [-0.25, -0.2) is 4.79 Å². The van der Waals surface area contributed by atoms with Crippen LogP contribution in [0.3, 0.4) is 0 Å². The Balaban J connectivity index is 2.44. The quantitative estimate of drug-likeness (QED) is 0.751. The molecule has 0 saturated carbocycles. The molecule has 1 rings (SSSR count). The highest BCUT2D eigenvalue weighted by atomic mass is 35.5. The molecule has 17 heavy (non-hydrogen) atoms. The fourth-order valence-corrected chi connectivity index (χ4v) is 1.90. The first-order valence-corrected chi connectivity index (χ1v) is 6.25. The van der Waals surface area contributed by atoms with Crippen LogP contribution in [0.4, 0.5) is 4.79 Å². The standard InChI is InChI=1S/C11H20ClN3O2/c1-8(12)10(16)13-11(17)15(3)9-4-6-14(2)7-5-9/h8-9H,4-7H2,1-3H3,(H,13,16,17). The van der Waals surface area contributed by atoms with Gasteiger partial charge in [-0.3, -0.25) is 10.1 Å². The Morgan fingerprint density at radius 1 is 1.41 bits per heavy atom. The molecule has 6 heteroatoms. The third-order valence-corrected chi connectivity index (χ3v) is 3.35. The summed E-state index contributed by atoms with van der Waals surface area (Å²) in [5.74, 6) is -0.448. The van der Waals surface area contributed by atoms with Gasteiger partial charge in [0.05, 0.1) is 0 Å². The average molecular weight is 262 g/mol. The van der Waals surface area contributed by atoms with Crippen molar-refractivity contribution < 1.29 is 9.59 Å². The number of likely N-dealkylation sites (tertiary alicyclic amines) is 1. The molecule has 1 fully saturated rings. The topological polar surface area (TPSA) is 52.7 Å². The molecule has 0 aromatic carbocycles. The van der Waals surface area contributed by atoms with Gasteiger partial charge in [-0.2, -0.15) is 0 Å². The van der Waals surface area contributed by atoms with Crippen LogP contribution < -0.4 is 5.32 Å². The molecule has 3 amide bonds. The lowest BCUT2D eigenvalue weighted by Crippen LogP contribution is -2.50. The Labute approximate surface area is 107 Å². The van der Waals surface area contributed by atoms with E-state index in [9.17, 15) is 9.59 Å². The van der Waals surface area contributed by atoms with E-state index >= 15 is 0 Å². The summed E-state index contributed by atoms with van der Waals surface area (Å²) < 4.78 is 0. The van der Waals surface area contributed by atoms with Gasteiger partial charge in [-0.1, -0.05) is 0 Å². The number of amides is 3. The lowest BCUT2D eigenvalue weighted by atomic mass is 10.0. The van der Waals surface area contributed by atoms with Crippen molar-refractivity contribution in [2.75, 3.05) is 27.2 Å². The minimum Gasteiger partial charge on any atom is -0.324 e. The fraction of sp³-hybridized carbons (Fsp3) is 0.818. The Morgan fingerprint density at radius 2 is 1.94 bits per heavy atom. The number of piperidine rings is 1. The number of nitrogens with zero attached hydrogens (tertiary/aromatic N) is 2. The van der Waals surface area contributed by atoms with E-state index in [-0.39, 0.29) is 12.1 Å². The molecule has 0 spiro atoms. The number of hydrogen-bond acceptors (Lipinski definition) is 3. The van der Waals surface area contributed by atoms with Crippen LogP contribution in [0.1, 0.15) is 19.8 Å². The summed E-state index contributed by atoms with van der Waals surface area (Å²) in [6.07, 6.45) is 1.87. The minimum absolute atomic E-state index is 0.199. The van der Waals surface area contributed by atoms with E-state index in [0.717, 1.165) is 25.9 Å². The first-order valence-electron chi connectivity index (χ1n) is 5.82. The maximum Gasteiger partial charge on any atom is 0.324 e. The molecule has 1 aliphatic rings. The van der Waals surface area contributed by atoms with E-state index in [2.05, 4.69) is 17.3 Å². The zero-order valence-electron chi connectivity index (χ0n) is 10.6. The molecule has 98 valence electrons. The molecule has 1 N–H and O–H groups in total. The highest BCUT2D eigenvalue weighted by Crippen LogP contribution is 2.14. The van der Waals surface area contributed by atoms with Crippen molar-refractivity contribution >= 4 is 23.5 Å². The first kappa shape index (κ1) is 14.3. The van der Waals surface area contributed by atoms with Gasteiger partial charge < -0.3 is 9.80 Å². The first-order chi connectivity index (χ1) is 7.91. The van der Waals surface area contributed by atoms with Crippen LogP contribution in [0.15, 0.2) is 0 Å². The molecule has 0 radical (unpaired) electrons. The second kappa shape index (κ2) is 6.21. The number of rotatable bonds is 2. The number of hydrogen-bond donors (Lipinski definition) is 1. The van der Waals surface area contributed by atoms with Crippen molar-refractivity contribution in [2.24, 2.45) is 0 Å². The van der Waals surface area contributed by atoms with Crippen molar-refractivity contribution in [2.45, 2.75) is 31.2 Å². The highest BCUT2D eigenvalue weighted by Gasteiger charge is 2.25. The van der Waals surface area contributed by atoms with Crippen molar-refractivity contribution in [3.8, 4) is 0 Å². The maximum atomic E-state index is 11.8. The number of carbonyl (C=O) groups excluding carboxylic acids is 2. The summed E-state index contributed by atoms with van der Waals surface area (Å²) in [4.78, 5) is 26.9. The second-order valence-corrected chi connectivity index (χ2v) is 5.21. The molecule has 5 nitrogen and oxygen atoms in total. The van der Waals surface area contributed by atoms with Crippen molar-refractivity contribution in [3.63, 3.8) is 0 Å². The van der Waals surface area contributed by atoms with E-state index in [1.165, 1.54) is 0 Å². The van der Waals surface area contributed by atoms with Gasteiger partial charge in [0, 0.05) is 13.1 Å². The highest BCUT2D eigenvalue weighted by molar-refractivity contribution is 6.31. The Morgan fingerprint density at radius 3 is 2.41 bits per heavy atom. The molecule has 1 heterocycles. The van der Waals surface area contributed by atoms with Crippen molar-refractivity contribution in [1.29, 1.82) is 0 Å². The van der Waals surface area contributed by atoms with E-state index in [1.807, 2.05) is 0 Å². The lowest BCUT2D eigenvalue weighted by Gasteiger charge is -2.34. The van der Waals surface area contributed by atoms with Gasteiger partial charge in [0.15, 0.2) is 0 Å². The Bertz CT molecular complexity index is 288. The van der Waals surface area contributed by atoms with Gasteiger partial charge in [-0.15, -0.1) is 11.6 Å². The average Bonchev–Trinajstić information content (AvgIpc) is 2.28. The van der Waals surface area contributed by atoms with Crippen molar-refractivity contribution in [3.05, 3.63) is 0 Å². The number of alkyl halides is 1. The lowest BCUT2D eigenvalue weighted by molar-refractivity contribution is -0.119. The Hall–Kier alpha value is -0.810. The minimum atomic E-state index is -0.690. The predicted molar refractivity (Wildman–Crippen MR) is 67.1 cm³/mol. The predicted octanol–water partition coefficient (Wildman–Crippen LogP) is 0.876. The molecule has 1 atom stereocenters. The second-order valence-electron chi connectivity index (χ2n) is 4.56. The van der Waals surface area contributed by atoms with Gasteiger partial charge in [0.2, 0.25) is 5.91 Å². The zero-order chi connectivity index (χ0) is 13.0. The van der Waals surface area contributed by atoms with E-state index < -0.39 is 11.3 Å². The number of carbonyl (C=O) groups is 2. The molecule has 1 saturated heterocycles. The summed E-state index contributed by atoms with van der Waals surface area (Å²) in [7, 11) is 3.78. The van der Waals surface area contributed by atoms with Crippen LogP contribution in [0.2, 0.25) is 0 Å². The summed E-state index contributed by atoms with van der Waals surface area (Å²) >= 11 is 5.59. The van der Waals surface area contributed by atoms with E-state index in [4.69, 9.17) is 11.6 Å². The number of halogens is 1. The maximum absolute atomic E-state index is 11.8. The Kier molecular flexibility index (Phi) is 5.21. The largest absolute Gasteiger partial charge is 0.324 e. The summed E-state index contributed by atoms with van der Waals surface area (Å²) in [6.45, 7) is 3.49. The van der Waals surface area contributed by atoms with Crippen LogP contribution in [0, 0.1) is 0 Å². The molecular formula is C11H20ClN3O2. The number of nitrogens with one attached hydrogen (secondary N) is 1. The monoisotopic (exact) mass is 261 g/mol. The van der Waals surface area contributed by atoms with E-state index in [1.54, 1.807) is 18.9 Å². The molecular weight excluding hydrogens is 242 g/mol. The van der Waals surface area contributed by atoms with Crippen LogP contribution >= 0.6 is 11.6 Å². The van der Waals surface area contributed by atoms with Crippen LogP contribution in [0.25, 0.3) is 0 Å². The van der Waals surface area contributed by atoms with Crippen LogP contribution in [0.5, 0.6) is 0 Å². The van der Waals surface area contributed by atoms with Gasteiger partial charge in [0.1, 0.15) is 5.38 Å². The third-order valence-electron chi connectivity index (χ3n) is 3.15. The molecule has 1 unspecified atom stereocenters. The summed E-state index contributed by atoms with van der Waals surface area (Å²) in [5.41, 5.74) is 0. The fourth-order valence-electron chi connectivity index (χ4n) is 1.84. The number of urea groups is 1. The van der Waals surface area contributed by atoms with Gasteiger partial charge in [0.25, 0.3) is 0 Å². The summed E-state index contributed by atoms with van der Waals surface area (Å²) in [6, 6.07) is -0.165. The molecule has 0 aromatic heterocycles. The molecule has 0 bridgehead atoms. The third kappa shape index (κ3) is 4.16. The van der Waals surface area contributed by atoms with Crippen LogP contribution in [-0.4, -0.2) is 60.3 Å². The van der Waals surface area contributed by atoms with Crippen LogP contribution in [-0.2, 0) is 4.79 Å². The molecule has 1 aliphatic heterocycles. The van der Waals surface area contributed by atoms with Crippen molar-refractivity contribution in [1.82, 2.24) is 15.1 Å². The zero-order valence-corrected chi connectivity index (χ0v) is 11.3. The summed E-state index contributed by atoms with van der Waals surface area (Å²) in [5, 5.41) is 1.60. The van der Waals surface area contributed by atoms with Gasteiger partial charge >= 0.3 is 6.03 Å². The smallest absolute Gasteiger partial charge is 0.324 e. The molecule has 0 aliphatic carbocycles. The number of imide groups is 1. The SMILES string of the molecule is CC(Cl)C(=O)NC(=O)N(C)C1CCN(C)CC1. The molecule has 0 aromatic rings. The van der Waals surface area contributed by atoms with Gasteiger partial charge in [-0.05, 0) is 39.9 Å².